The topological polar surface area (TPSA) is 53.9 Å². The Morgan fingerprint density at radius 2 is 2.00 bits per heavy atom. The van der Waals surface area contributed by atoms with Gasteiger partial charge in [0.1, 0.15) is 17.1 Å². The summed E-state index contributed by atoms with van der Waals surface area (Å²) in [5.41, 5.74) is 3.02. The van der Waals surface area contributed by atoms with Crippen molar-refractivity contribution in [3.05, 3.63) is 58.1 Å². The van der Waals surface area contributed by atoms with Crippen LogP contribution in [0.25, 0.3) is 0 Å². The van der Waals surface area contributed by atoms with Crippen molar-refractivity contribution in [2.45, 2.75) is 88.9 Å². The van der Waals surface area contributed by atoms with Crippen molar-refractivity contribution in [3.8, 4) is 11.5 Å². The minimum Gasteiger partial charge on any atom is -0.862 e. The second kappa shape index (κ2) is 8.97. The summed E-state index contributed by atoms with van der Waals surface area (Å²) in [6, 6.07) is 11.7. The molecule has 5 rings (SSSR count). The molecule has 2 aromatic rings. The summed E-state index contributed by atoms with van der Waals surface area (Å²) in [7, 11) is 0. The van der Waals surface area contributed by atoms with E-state index in [0.717, 1.165) is 60.3 Å². The summed E-state index contributed by atoms with van der Waals surface area (Å²) >= 11 is 6.24. The summed E-state index contributed by atoms with van der Waals surface area (Å²) in [4.78, 5) is 4.65. The summed E-state index contributed by atoms with van der Waals surface area (Å²) in [5.74, 6) is 1.72. The lowest BCUT2D eigenvalue weighted by molar-refractivity contribution is -0.219. The van der Waals surface area contributed by atoms with E-state index >= 15 is 0 Å². The summed E-state index contributed by atoms with van der Waals surface area (Å²) in [6.07, 6.45) is 10.0. The standard InChI is InChI=1S/C27H32ClNO3/c1-18-6-4-7-19(26(18)31-21-8-2-3-9-21)10-13-25(30)29-23-17-27(14-5-15-27)32-24-12-11-20(28)16-22(23)24/h4,6-7,11-12,16,21,23H,2-3,5,8-10,13-15,17H2,1H3,(H,29,30)/p-1. The Labute approximate surface area is 195 Å². The Kier molecular flexibility index (Phi) is 6.07. The number of rotatable bonds is 6. The fraction of sp³-hybridized carbons (Fsp3) is 0.519. The number of hydrogen-bond donors (Lipinski definition) is 0. The summed E-state index contributed by atoms with van der Waals surface area (Å²) in [6.45, 7) is 2.08. The lowest BCUT2D eigenvalue weighted by Crippen LogP contribution is -2.46. The lowest BCUT2D eigenvalue weighted by atomic mass is 9.73. The molecule has 32 heavy (non-hydrogen) atoms. The van der Waals surface area contributed by atoms with Crippen molar-refractivity contribution in [3.63, 3.8) is 0 Å². The molecule has 2 saturated carbocycles. The quantitative estimate of drug-likeness (QED) is 0.392. The molecule has 2 fully saturated rings. The first-order valence-corrected chi connectivity index (χ1v) is 12.4. The van der Waals surface area contributed by atoms with Gasteiger partial charge in [-0.15, -0.1) is 0 Å². The zero-order valence-electron chi connectivity index (χ0n) is 18.7. The second-order valence-corrected chi connectivity index (χ2v) is 10.1. The van der Waals surface area contributed by atoms with Crippen LogP contribution in [0.4, 0.5) is 0 Å². The molecule has 0 radical (unpaired) electrons. The van der Waals surface area contributed by atoms with Gasteiger partial charge < -0.3 is 14.6 Å². The third-order valence-electron chi connectivity index (χ3n) is 7.28. The Morgan fingerprint density at radius 3 is 2.75 bits per heavy atom. The molecule has 1 spiro atoms. The average molecular weight is 453 g/mol. The van der Waals surface area contributed by atoms with Crippen molar-refractivity contribution in [1.82, 2.24) is 0 Å². The number of halogens is 1. The van der Waals surface area contributed by atoms with Gasteiger partial charge in [-0.05, 0) is 99.9 Å². The first kappa shape index (κ1) is 21.6. The van der Waals surface area contributed by atoms with Crippen molar-refractivity contribution in [1.29, 1.82) is 0 Å². The number of benzene rings is 2. The van der Waals surface area contributed by atoms with Crippen molar-refractivity contribution in [2.24, 2.45) is 4.99 Å². The van der Waals surface area contributed by atoms with E-state index in [4.69, 9.17) is 21.1 Å². The molecule has 1 unspecified atom stereocenters. The maximum Gasteiger partial charge on any atom is 0.125 e. The Balaban J connectivity index is 1.32. The molecule has 170 valence electrons. The monoisotopic (exact) mass is 452 g/mol. The molecule has 0 amide bonds. The molecule has 0 aromatic heterocycles. The van der Waals surface area contributed by atoms with Gasteiger partial charge in [-0.2, -0.15) is 0 Å². The van der Waals surface area contributed by atoms with Crippen LogP contribution in [0.2, 0.25) is 5.02 Å². The number of nitrogens with zero attached hydrogens (tertiary/aromatic N) is 1. The maximum absolute atomic E-state index is 13.0. The molecule has 4 nitrogen and oxygen atoms in total. The summed E-state index contributed by atoms with van der Waals surface area (Å²) < 4.78 is 12.7. The maximum atomic E-state index is 13.0. The number of hydrogen-bond acceptors (Lipinski definition) is 4. The van der Waals surface area contributed by atoms with Crippen molar-refractivity contribution < 1.29 is 14.6 Å². The van der Waals surface area contributed by atoms with E-state index in [1.54, 1.807) is 0 Å². The van der Waals surface area contributed by atoms with Gasteiger partial charge in [0.15, 0.2) is 0 Å². The first-order chi connectivity index (χ1) is 15.5. The molecular weight excluding hydrogens is 422 g/mol. The van der Waals surface area contributed by atoms with E-state index in [1.807, 2.05) is 24.3 Å². The highest BCUT2D eigenvalue weighted by molar-refractivity contribution is 6.30. The van der Waals surface area contributed by atoms with Crippen LogP contribution in [0.3, 0.4) is 0 Å². The Bertz CT molecular complexity index is 1010. The van der Waals surface area contributed by atoms with Gasteiger partial charge in [-0.1, -0.05) is 29.8 Å². The average Bonchev–Trinajstić information content (AvgIpc) is 3.26. The van der Waals surface area contributed by atoms with Gasteiger partial charge in [0.2, 0.25) is 0 Å². The van der Waals surface area contributed by atoms with Gasteiger partial charge in [-0.3, -0.25) is 4.99 Å². The summed E-state index contributed by atoms with van der Waals surface area (Å²) in [5, 5.41) is 13.6. The van der Waals surface area contributed by atoms with Crippen LogP contribution >= 0.6 is 11.6 Å². The molecule has 2 aromatic carbocycles. The molecule has 0 saturated heterocycles. The molecule has 1 aliphatic heterocycles. The fourth-order valence-electron chi connectivity index (χ4n) is 5.33. The molecule has 1 atom stereocenters. The zero-order chi connectivity index (χ0) is 22.1. The first-order valence-electron chi connectivity index (χ1n) is 12.0. The van der Waals surface area contributed by atoms with Gasteiger partial charge in [0.05, 0.1) is 12.1 Å². The minimum absolute atomic E-state index is 0.0642. The smallest absolute Gasteiger partial charge is 0.125 e. The molecular formula is C27H31ClNO3-. The largest absolute Gasteiger partial charge is 0.862 e. The second-order valence-electron chi connectivity index (χ2n) is 9.65. The highest BCUT2D eigenvalue weighted by atomic mass is 35.5. The Hall–Kier alpha value is -2.20. The molecule has 1 heterocycles. The van der Waals surface area contributed by atoms with Gasteiger partial charge >= 0.3 is 0 Å². The lowest BCUT2D eigenvalue weighted by Gasteiger charge is -2.47. The molecule has 5 heteroatoms. The third-order valence-corrected chi connectivity index (χ3v) is 7.51. The van der Waals surface area contributed by atoms with E-state index in [9.17, 15) is 5.11 Å². The predicted molar refractivity (Wildman–Crippen MR) is 126 cm³/mol. The number of fused-ring (bicyclic) bond motifs is 1. The van der Waals surface area contributed by atoms with Crippen LogP contribution in [0.15, 0.2) is 41.4 Å². The molecule has 0 N–H and O–H groups in total. The van der Waals surface area contributed by atoms with Gasteiger partial charge in [0.25, 0.3) is 0 Å². The number of para-hydroxylation sites is 1. The molecule has 2 aliphatic carbocycles. The minimum atomic E-state index is -0.183. The Morgan fingerprint density at radius 1 is 1.19 bits per heavy atom. The zero-order valence-corrected chi connectivity index (χ0v) is 19.5. The van der Waals surface area contributed by atoms with E-state index in [-0.39, 0.29) is 17.5 Å². The predicted octanol–water partition coefficient (Wildman–Crippen LogP) is 6.11. The molecule has 0 bridgehead atoms. The van der Waals surface area contributed by atoms with Crippen LogP contribution in [-0.4, -0.2) is 17.6 Å². The van der Waals surface area contributed by atoms with Gasteiger partial charge in [0, 0.05) is 17.0 Å². The van der Waals surface area contributed by atoms with Crippen LogP contribution in [-0.2, 0) is 6.42 Å². The van der Waals surface area contributed by atoms with Gasteiger partial charge in [-0.25, -0.2) is 0 Å². The van der Waals surface area contributed by atoms with E-state index < -0.39 is 0 Å². The van der Waals surface area contributed by atoms with Crippen LogP contribution < -0.4 is 14.6 Å². The number of ether oxygens (including phenoxy) is 2. The SMILES string of the molecule is Cc1cccc(CCC([O-])=NC2CC3(CCC3)Oc3ccc(Cl)cc32)c1OC1CCCC1. The highest BCUT2D eigenvalue weighted by Crippen LogP contribution is 2.50. The molecule has 3 aliphatic rings. The normalized spacial score (nSPS) is 22.3. The third kappa shape index (κ3) is 4.47. The van der Waals surface area contributed by atoms with E-state index in [1.165, 1.54) is 19.3 Å². The van der Waals surface area contributed by atoms with E-state index in [0.29, 0.717) is 24.0 Å². The van der Waals surface area contributed by atoms with Crippen LogP contribution in [0.1, 0.15) is 80.5 Å². The van der Waals surface area contributed by atoms with Crippen molar-refractivity contribution in [2.75, 3.05) is 0 Å². The highest BCUT2D eigenvalue weighted by Gasteiger charge is 2.45. The number of aliphatic imine (C=N–C) groups is 1. The van der Waals surface area contributed by atoms with Crippen LogP contribution in [0, 0.1) is 6.92 Å². The number of aryl methyl sites for hydroxylation is 2. The van der Waals surface area contributed by atoms with E-state index in [2.05, 4.69) is 24.0 Å². The fourth-order valence-corrected chi connectivity index (χ4v) is 5.51. The van der Waals surface area contributed by atoms with Crippen molar-refractivity contribution >= 4 is 17.5 Å². The van der Waals surface area contributed by atoms with Crippen LogP contribution in [0.5, 0.6) is 11.5 Å².